The SMILES string of the molecule is CCC(C)(C)c1ccc(C(Cl)Cc2ccccc2F)cc1. The normalized spacial score (nSPS) is 13.2. The van der Waals surface area contributed by atoms with Gasteiger partial charge >= 0.3 is 0 Å². The minimum Gasteiger partial charge on any atom is -0.207 e. The van der Waals surface area contributed by atoms with E-state index in [1.807, 2.05) is 6.07 Å². The van der Waals surface area contributed by atoms with E-state index >= 15 is 0 Å². The molecular weight excluding hydrogens is 283 g/mol. The van der Waals surface area contributed by atoms with Crippen LogP contribution in [0.25, 0.3) is 0 Å². The van der Waals surface area contributed by atoms with Gasteiger partial charge in [0.25, 0.3) is 0 Å². The van der Waals surface area contributed by atoms with Crippen molar-refractivity contribution in [2.24, 2.45) is 0 Å². The molecule has 0 aliphatic heterocycles. The second kappa shape index (κ2) is 6.62. The Morgan fingerprint density at radius 2 is 1.67 bits per heavy atom. The zero-order valence-electron chi connectivity index (χ0n) is 12.9. The van der Waals surface area contributed by atoms with Gasteiger partial charge in [0.2, 0.25) is 0 Å². The molecule has 0 amide bonds. The van der Waals surface area contributed by atoms with Gasteiger partial charge in [-0.15, -0.1) is 11.6 Å². The first-order valence-corrected chi connectivity index (χ1v) is 7.85. The lowest BCUT2D eigenvalue weighted by atomic mass is 9.82. The van der Waals surface area contributed by atoms with Crippen molar-refractivity contribution in [2.45, 2.75) is 44.4 Å². The molecule has 2 rings (SSSR count). The van der Waals surface area contributed by atoms with Crippen LogP contribution in [0.3, 0.4) is 0 Å². The van der Waals surface area contributed by atoms with Crippen molar-refractivity contribution < 1.29 is 4.39 Å². The molecule has 0 N–H and O–H groups in total. The van der Waals surface area contributed by atoms with Crippen LogP contribution in [0, 0.1) is 5.82 Å². The first-order valence-electron chi connectivity index (χ1n) is 7.42. The van der Waals surface area contributed by atoms with Crippen LogP contribution in [0.4, 0.5) is 4.39 Å². The molecular formula is C19H22ClF. The topological polar surface area (TPSA) is 0 Å². The highest BCUT2D eigenvalue weighted by atomic mass is 35.5. The summed E-state index contributed by atoms with van der Waals surface area (Å²) in [5.74, 6) is -0.188. The third-order valence-corrected chi connectivity index (χ3v) is 4.70. The molecule has 1 atom stereocenters. The smallest absolute Gasteiger partial charge is 0.126 e. The van der Waals surface area contributed by atoms with Gasteiger partial charge in [-0.2, -0.15) is 0 Å². The average Bonchev–Trinajstić information content (AvgIpc) is 2.49. The Labute approximate surface area is 132 Å². The number of hydrogen-bond acceptors (Lipinski definition) is 0. The summed E-state index contributed by atoms with van der Waals surface area (Å²) in [6.07, 6.45) is 1.59. The van der Waals surface area contributed by atoms with E-state index in [0.717, 1.165) is 12.0 Å². The minimum absolute atomic E-state index is 0.172. The van der Waals surface area contributed by atoms with Gasteiger partial charge in [-0.3, -0.25) is 0 Å². The summed E-state index contributed by atoms with van der Waals surface area (Å²) in [6.45, 7) is 6.66. The second-order valence-electron chi connectivity index (χ2n) is 6.12. The molecule has 1 unspecified atom stereocenters. The molecule has 2 heteroatoms. The van der Waals surface area contributed by atoms with Gasteiger partial charge in [0.15, 0.2) is 0 Å². The van der Waals surface area contributed by atoms with Crippen molar-refractivity contribution in [2.75, 3.05) is 0 Å². The monoisotopic (exact) mass is 304 g/mol. The van der Waals surface area contributed by atoms with E-state index < -0.39 is 0 Å². The lowest BCUT2D eigenvalue weighted by molar-refractivity contribution is 0.506. The fraction of sp³-hybridized carbons (Fsp3) is 0.368. The summed E-state index contributed by atoms with van der Waals surface area (Å²) in [7, 11) is 0. The Morgan fingerprint density at radius 1 is 1.05 bits per heavy atom. The van der Waals surface area contributed by atoms with Gasteiger partial charge in [-0.1, -0.05) is 63.2 Å². The number of rotatable bonds is 5. The first-order chi connectivity index (χ1) is 9.94. The minimum atomic E-state index is -0.208. The molecule has 112 valence electrons. The first kappa shape index (κ1) is 16.0. The molecule has 0 bridgehead atoms. The second-order valence-corrected chi connectivity index (χ2v) is 6.65. The van der Waals surface area contributed by atoms with E-state index in [1.54, 1.807) is 12.1 Å². The van der Waals surface area contributed by atoms with Gasteiger partial charge in [-0.25, -0.2) is 4.39 Å². The average molecular weight is 305 g/mol. The summed E-state index contributed by atoms with van der Waals surface area (Å²) >= 11 is 6.45. The van der Waals surface area contributed by atoms with Gasteiger partial charge in [0.05, 0.1) is 5.38 Å². The summed E-state index contributed by atoms with van der Waals surface area (Å²) in [6, 6.07) is 15.2. The van der Waals surface area contributed by atoms with Crippen LogP contribution >= 0.6 is 11.6 Å². The Hall–Kier alpha value is -1.34. The molecule has 0 aromatic heterocycles. The quantitative estimate of drug-likeness (QED) is 0.591. The fourth-order valence-electron chi connectivity index (χ4n) is 2.32. The maximum absolute atomic E-state index is 13.7. The highest BCUT2D eigenvalue weighted by Gasteiger charge is 2.18. The molecule has 0 saturated carbocycles. The van der Waals surface area contributed by atoms with Crippen LogP contribution in [0.2, 0.25) is 0 Å². The predicted molar refractivity (Wildman–Crippen MR) is 88.5 cm³/mol. The Kier molecular flexibility index (Phi) is 5.05. The predicted octanol–water partition coefficient (Wildman–Crippen LogP) is 6.04. The van der Waals surface area contributed by atoms with Crippen LogP contribution in [-0.4, -0.2) is 0 Å². The highest BCUT2D eigenvalue weighted by Crippen LogP contribution is 2.30. The van der Waals surface area contributed by atoms with E-state index in [-0.39, 0.29) is 16.6 Å². The molecule has 0 aliphatic rings. The summed E-state index contributed by atoms with van der Waals surface area (Å²) in [5, 5.41) is -0.208. The van der Waals surface area contributed by atoms with Gasteiger partial charge < -0.3 is 0 Å². The third-order valence-electron chi connectivity index (χ3n) is 4.29. The maximum Gasteiger partial charge on any atom is 0.126 e. The lowest BCUT2D eigenvalue weighted by Crippen LogP contribution is -2.15. The number of benzene rings is 2. The van der Waals surface area contributed by atoms with E-state index in [9.17, 15) is 4.39 Å². The van der Waals surface area contributed by atoms with Crippen molar-refractivity contribution in [3.8, 4) is 0 Å². The van der Waals surface area contributed by atoms with Gasteiger partial charge in [0.1, 0.15) is 5.82 Å². The molecule has 0 radical (unpaired) electrons. The van der Waals surface area contributed by atoms with Crippen molar-refractivity contribution in [3.63, 3.8) is 0 Å². The van der Waals surface area contributed by atoms with E-state index in [1.165, 1.54) is 11.6 Å². The van der Waals surface area contributed by atoms with Crippen molar-refractivity contribution in [1.82, 2.24) is 0 Å². The van der Waals surface area contributed by atoms with Crippen LogP contribution in [0.1, 0.15) is 49.3 Å². The van der Waals surface area contributed by atoms with Crippen molar-refractivity contribution in [3.05, 3.63) is 71.0 Å². The molecule has 0 nitrogen and oxygen atoms in total. The van der Waals surface area contributed by atoms with Gasteiger partial charge in [0, 0.05) is 0 Å². The molecule has 2 aromatic carbocycles. The van der Waals surface area contributed by atoms with Crippen LogP contribution in [0.15, 0.2) is 48.5 Å². The van der Waals surface area contributed by atoms with Crippen molar-refractivity contribution in [1.29, 1.82) is 0 Å². The lowest BCUT2D eigenvalue weighted by Gasteiger charge is -2.23. The Morgan fingerprint density at radius 3 is 2.24 bits per heavy atom. The molecule has 0 saturated heterocycles. The Bertz CT molecular complexity index is 587. The summed E-state index contributed by atoms with van der Waals surface area (Å²) in [5.41, 5.74) is 3.18. The van der Waals surface area contributed by atoms with Crippen molar-refractivity contribution >= 4 is 11.6 Å². The molecule has 0 aliphatic carbocycles. The number of hydrogen-bond donors (Lipinski definition) is 0. The largest absolute Gasteiger partial charge is 0.207 e. The fourth-order valence-corrected chi connectivity index (χ4v) is 2.63. The molecule has 21 heavy (non-hydrogen) atoms. The van der Waals surface area contributed by atoms with Gasteiger partial charge in [-0.05, 0) is 41.0 Å². The number of halogens is 2. The standard InChI is InChI=1S/C19H22ClF/c1-4-19(2,3)16-11-9-14(10-12-16)17(20)13-15-7-5-6-8-18(15)21/h5-12,17H,4,13H2,1-3H3. The molecule has 0 fully saturated rings. The molecule has 0 spiro atoms. The Balaban J connectivity index is 2.14. The third kappa shape index (κ3) is 3.85. The molecule has 2 aromatic rings. The highest BCUT2D eigenvalue weighted by molar-refractivity contribution is 6.20. The van der Waals surface area contributed by atoms with Crippen LogP contribution in [-0.2, 0) is 11.8 Å². The van der Waals surface area contributed by atoms with E-state index in [4.69, 9.17) is 11.6 Å². The van der Waals surface area contributed by atoms with E-state index in [0.29, 0.717) is 12.0 Å². The zero-order valence-corrected chi connectivity index (χ0v) is 13.6. The summed E-state index contributed by atoms with van der Waals surface area (Å²) < 4.78 is 13.7. The van der Waals surface area contributed by atoms with Crippen LogP contribution < -0.4 is 0 Å². The van der Waals surface area contributed by atoms with Crippen LogP contribution in [0.5, 0.6) is 0 Å². The number of alkyl halides is 1. The molecule has 0 heterocycles. The summed E-state index contributed by atoms with van der Waals surface area (Å²) in [4.78, 5) is 0. The zero-order chi connectivity index (χ0) is 15.5. The van der Waals surface area contributed by atoms with E-state index in [2.05, 4.69) is 45.0 Å². The maximum atomic E-state index is 13.7.